The largest absolute Gasteiger partial charge is 0.429 e. The van der Waals surface area contributed by atoms with Crippen LogP contribution in [0.3, 0.4) is 0 Å². The number of hydrogen-bond acceptors (Lipinski definition) is 1. The van der Waals surface area contributed by atoms with Crippen molar-refractivity contribution in [2.45, 2.75) is 64.9 Å². The van der Waals surface area contributed by atoms with Gasteiger partial charge in [0.05, 0.1) is 0 Å². The molecule has 1 fully saturated rings. The lowest BCUT2D eigenvalue weighted by Gasteiger charge is -2.28. The maximum absolute atomic E-state index is 13.7. The van der Waals surface area contributed by atoms with Crippen LogP contribution in [0.1, 0.15) is 57.4 Å². The van der Waals surface area contributed by atoms with Gasteiger partial charge in [0.1, 0.15) is 0 Å². The van der Waals surface area contributed by atoms with E-state index in [2.05, 4.69) is 16.9 Å². The summed E-state index contributed by atoms with van der Waals surface area (Å²) in [5, 5.41) is 0. The molecule has 0 amide bonds. The third-order valence-corrected chi connectivity index (χ3v) is 5.05. The van der Waals surface area contributed by atoms with Crippen LogP contribution in [-0.4, -0.2) is 6.61 Å². The molecule has 0 atom stereocenters. The lowest BCUT2D eigenvalue weighted by Crippen LogP contribution is -2.15. The van der Waals surface area contributed by atoms with Crippen molar-refractivity contribution in [2.24, 2.45) is 11.8 Å². The monoisotopic (exact) mass is 358 g/mol. The van der Waals surface area contributed by atoms with Crippen molar-refractivity contribution in [1.82, 2.24) is 0 Å². The quantitative estimate of drug-likeness (QED) is 0.373. The molecule has 25 heavy (non-hydrogen) atoms. The first-order valence-corrected chi connectivity index (χ1v) is 9.03. The average molecular weight is 358 g/mol. The lowest BCUT2D eigenvalue weighted by molar-refractivity contribution is -0.0546. The maximum atomic E-state index is 13.7. The molecule has 0 N–H and O–H groups in total. The molecular formula is C20H26F4O. The third kappa shape index (κ3) is 6.37. The summed E-state index contributed by atoms with van der Waals surface area (Å²) in [6, 6.07) is 2.20. The summed E-state index contributed by atoms with van der Waals surface area (Å²) in [6.45, 7) is -1.20. The highest BCUT2D eigenvalue weighted by molar-refractivity contribution is 5.31. The Kier molecular flexibility index (Phi) is 7.79. The minimum atomic E-state index is -3.24. The van der Waals surface area contributed by atoms with Gasteiger partial charge in [0, 0.05) is 0 Å². The van der Waals surface area contributed by atoms with Gasteiger partial charge in [-0.2, -0.15) is 8.78 Å². The molecule has 1 aromatic rings. The van der Waals surface area contributed by atoms with E-state index < -0.39 is 24.0 Å². The van der Waals surface area contributed by atoms with Crippen LogP contribution in [0.25, 0.3) is 0 Å². The predicted molar refractivity (Wildman–Crippen MR) is 90.8 cm³/mol. The average Bonchev–Trinajstić information content (AvgIpc) is 2.57. The number of alkyl halides is 2. The standard InChI is InChI=1S/C20H26F4O/c1-2-3-4-5-14-6-8-15(9-7-14)10-11-16-12-17(21)19(18(22)13-16)25-20(23)24/h2-3,12-15,20H,4-11H2,1H3/b3-2+/t14-,15-. The molecular weight excluding hydrogens is 332 g/mol. The van der Waals surface area contributed by atoms with E-state index in [4.69, 9.17) is 0 Å². The second-order valence-corrected chi connectivity index (χ2v) is 6.84. The fraction of sp³-hybridized carbons (Fsp3) is 0.600. The number of rotatable bonds is 8. The highest BCUT2D eigenvalue weighted by atomic mass is 19.3. The summed E-state index contributed by atoms with van der Waals surface area (Å²) in [4.78, 5) is 0. The van der Waals surface area contributed by atoms with E-state index in [0.717, 1.165) is 43.7 Å². The summed E-state index contributed by atoms with van der Waals surface area (Å²) < 4.78 is 55.6. The van der Waals surface area contributed by atoms with Crippen molar-refractivity contribution in [3.8, 4) is 5.75 Å². The first kappa shape index (κ1) is 19.8. The Labute approximate surface area is 147 Å². The van der Waals surface area contributed by atoms with Gasteiger partial charge in [-0.15, -0.1) is 0 Å². The topological polar surface area (TPSA) is 9.23 Å². The minimum absolute atomic E-state index is 0.492. The first-order chi connectivity index (χ1) is 12.0. The molecule has 1 aliphatic rings. The zero-order valence-electron chi connectivity index (χ0n) is 14.6. The number of hydrogen-bond donors (Lipinski definition) is 0. The minimum Gasteiger partial charge on any atom is -0.429 e. The zero-order valence-corrected chi connectivity index (χ0v) is 14.6. The number of aryl methyl sites for hydroxylation is 1. The van der Waals surface area contributed by atoms with Crippen LogP contribution in [0.4, 0.5) is 17.6 Å². The van der Waals surface area contributed by atoms with Gasteiger partial charge < -0.3 is 4.74 Å². The normalized spacial score (nSPS) is 21.2. The van der Waals surface area contributed by atoms with Gasteiger partial charge in [0.15, 0.2) is 17.4 Å². The van der Waals surface area contributed by atoms with Gasteiger partial charge in [0.25, 0.3) is 0 Å². The Bertz CT molecular complexity index is 540. The molecule has 0 spiro atoms. The molecule has 140 valence electrons. The second kappa shape index (κ2) is 9.83. The summed E-state index contributed by atoms with van der Waals surface area (Å²) in [5.74, 6) is -1.78. The van der Waals surface area contributed by atoms with E-state index >= 15 is 0 Å². The zero-order chi connectivity index (χ0) is 18.2. The molecule has 0 heterocycles. The molecule has 1 aliphatic carbocycles. The highest BCUT2D eigenvalue weighted by Gasteiger charge is 2.21. The molecule has 0 bridgehead atoms. The molecule has 0 radical (unpaired) electrons. The predicted octanol–water partition coefficient (Wildman–Crippen LogP) is 6.66. The smallest absolute Gasteiger partial charge is 0.387 e. The Balaban J connectivity index is 1.80. The Morgan fingerprint density at radius 1 is 1.04 bits per heavy atom. The van der Waals surface area contributed by atoms with Crippen molar-refractivity contribution in [3.63, 3.8) is 0 Å². The van der Waals surface area contributed by atoms with Crippen LogP contribution in [0.15, 0.2) is 24.3 Å². The first-order valence-electron chi connectivity index (χ1n) is 9.03. The Hall–Kier alpha value is -1.52. The number of allylic oxidation sites excluding steroid dienone is 2. The lowest BCUT2D eigenvalue weighted by atomic mass is 9.78. The van der Waals surface area contributed by atoms with Gasteiger partial charge in [-0.05, 0) is 62.1 Å². The summed E-state index contributed by atoms with van der Waals surface area (Å²) in [5.41, 5.74) is 0.492. The van der Waals surface area contributed by atoms with Crippen molar-refractivity contribution >= 4 is 0 Å². The molecule has 0 aliphatic heterocycles. The van der Waals surface area contributed by atoms with Gasteiger partial charge in [-0.3, -0.25) is 0 Å². The molecule has 1 aromatic carbocycles. The van der Waals surface area contributed by atoms with Crippen LogP contribution < -0.4 is 4.74 Å². The van der Waals surface area contributed by atoms with Crippen molar-refractivity contribution < 1.29 is 22.3 Å². The molecule has 0 aromatic heterocycles. The molecule has 2 rings (SSSR count). The highest BCUT2D eigenvalue weighted by Crippen LogP contribution is 2.34. The molecule has 0 unspecified atom stereocenters. The van der Waals surface area contributed by atoms with Crippen molar-refractivity contribution in [2.75, 3.05) is 0 Å². The molecule has 5 heteroatoms. The molecule has 0 saturated heterocycles. The number of halogens is 4. The number of ether oxygens (including phenoxy) is 1. The third-order valence-electron chi connectivity index (χ3n) is 5.05. The van der Waals surface area contributed by atoms with Crippen LogP contribution in [0.5, 0.6) is 5.75 Å². The second-order valence-electron chi connectivity index (χ2n) is 6.84. The molecule has 1 nitrogen and oxygen atoms in total. The van der Waals surface area contributed by atoms with Gasteiger partial charge in [-0.1, -0.05) is 37.8 Å². The van der Waals surface area contributed by atoms with E-state index in [0.29, 0.717) is 17.9 Å². The van der Waals surface area contributed by atoms with E-state index in [9.17, 15) is 17.6 Å². The van der Waals surface area contributed by atoms with Crippen LogP contribution in [-0.2, 0) is 6.42 Å². The fourth-order valence-electron chi connectivity index (χ4n) is 3.64. The van der Waals surface area contributed by atoms with Crippen LogP contribution >= 0.6 is 0 Å². The Morgan fingerprint density at radius 2 is 1.60 bits per heavy atom. The van der Waals surface area contributed by atoms with Crippen molar-refractivity contribution in [1.29, 1.82) is 0 Å². The fourth-order valence-corrected chi connectivity index (χ4v) is 3.64. The number of benzene rings is 1. The molecule has 1 saturated carbocycles. The van der Waals surface area contributed by atoms with Gasteiger partial charge in [-0.25, -0.2) is 8.78 Å². The van der Waals surface area contributed by atoms with E-state index in [1.165, 1.54) is 19.3 Å². The van der Waals surface area contributed by atoms with Gasteiger partial charge >= 0.3 is 6.61 Å². The van der Waals surface area contributed by atoms with E-state index in [1.54, 1.807) is 0 Å². The van der Waals surface area contributed by atoms with Crippen LogP contribution in [0.2, 0.25) is 0 Å². The van der Waals surface area contributed by atoms with Crippen LogP contribution in [0, 0.1) is 23.5 Å². The summed E-state index contributed by atoms with van der Waals surface area (Å²) in [7, 11) is 0. The maximum Gasteiger partial charge on any atom is 0.387 e. The SMILES string of the molecule is C/C=C/CC[C@H]1CC[C@H](CCc2cc(F)c(OC(F)F)c(F)c2)CC1. The van der Waals surface area contributed by atoms with Crippen molar-refractivity contribution in [3.05, 3.63) is 41.5 Å². The Morgan fingerprint density at radius 3 is 2.12 bits per heavy atom. The van der Waals surface area contributed by atoms with E-state index in [-0.39, 0.29) is 0 Å². The summed E-state index contributed by atoms with van der Waals surface area (Å²) in [6.07, 6.45) is 12.8. The van der Waals surface area contributed by atoms with Gasteiger partial charge in [0.2, 0.25) is 0 Å². The van der Waals surface area contributed by atoms with E-state index in [1.807, 2.05) is 6.92 Å². The summed E-state index contributed by atoms with van der Waals surface area (Å²) >= 11 is 0.